The van der Waals surface area contributed by atoms with Crippen molar-refractivity contribution in [3.8, 4) is 0 Å². The molecule has 0 aromatic carbocycles. The molecule has 7 heteroatoms. The predicted octanol–water partition coefficient (Wildman–Crippen LogP) is 3.54. The molecule has 1 aliphatic heterocycles. The summed E-state index contributed by atoms with van der Waals surface area (Å²) in [6.45, 7) is 1.90. The summed E-state index contributed by atoms with van der Waals surface area (Å²) in [4.78, 5) is 42.9. The molecule has 148 valence electrons. The summed E-state index contributed by atoms with van der Waals surface area (Å²) in [5.74, 6) is 0.0522. The first-order valence-electron chi connectivity index (χ1n) is 9.71. The monoisotopic (exact) mass is 399 g/mol. The number of anilines is 1. The SMILES string of the molecule is O=CC1CCCN1CCCCCC(=O)Nc1ncccc1C(=O)c1cccs1. The van der Waals surface area contributed by atoms with E-state index in [1.807, 2.05) is 11.4 Å². The minimum absolute atomic E-state index is 0.0757. The summed E-state index contributed by atoms with van der Waals surface area (Å²) in [5, 5.41) is 4.63. The molecule has 0 radical (unpaired) electrons. The topological polar surface area (TPSA) is 79.4 Å². The zero-order valence-corrected chi connectivity index (χ0v) is 16.6. The standard InChI is InChI=1S/C21H25N3O3S/c25-15-16-7-5-13-24(16)12-3-1-2-10-19(26)23-21-17(8-4-11-22-21)20(27)18-9-6-14-28-18/h4,6,8-9,11,14-16H,1-3,5,7,10,12-13H2,(H,22,23,26). The van der Waals surface area contributed by atoms with Crippen molar-refractivity contribution >= 4 is 35.1 Å². The number of ketones is 1. The molecule has 6 nitrogen and oxygen atoms in total. The molecule has 1 atom stereocenters. The Balaban J connectivity index is 1.44. The van der Waals surface area contributed by atoms with Crippen molar-refractivity contribution < 1.29 is 14.4 Å². The lowest BCUT2D eigenvalue weighted by molar-refractivity contribution is -0.116. The van der Waals surface area contributed by atoms with E-state index in [-0.39, 0.29) is 17.7 Å². The lowest BCUT2D eigenvalue weighted by atomic mass is 10.1. The lowest BCUT2D eigenvalue weighted by Gasteiger charge is -2.19. The summed E-state index contributed by atoms with van der Waals surface area (Å²) >= 11 is 1.37. The minimum Gasteiger partial charge on any atom is -0.310 e. The van der Waals surface area contributed by atoms with Crippen molar-refractivity contribution in [2.24, 2.45) is 0 Å². The quantitative estimate of drug-likeness (QED) is 0.376. The molecule has 1 fully saturated rings. The Morgan fingerprint density at radius 3 is 2.93 bits per heavy atom. The molecule has 1 saturated heterocycles. The van der Waals surface area contributed by atoms with Crippen LogP contribution in [0.5, 0.6) is 0 Å². The van der Waals surface area contributed by atoms with Gasteiger partial charge in [-0.3, -0.25) is 14.5 Å². The second-order valence-corrected chi connectivity index (χ2v) is 7.89. The Morgan fingerprint density at radius 1 is 1.25 bits per heavy atom. The van der Waals surface area contributed by atoms with Crippen LogP contribution in [0.15, 0.2) is 35.8 Å². The highest BCUT2D eigenvalue weighted by Gasteiger charge is 2.22. The number of likely N-dealkylation sites (tertiary alicyclic amines) is 1. The van der Waals surface area contributed by atoms with Crippen LogP contribution in [-0.4, -0.2) is 47.0 Å². The average Bonchev–Trinajstić information content (AvgIpc) is 3.39. The van der Waals surface area contributed by atoms with Gasteiger partial charge in [0.1, 0.15) is 12.1 Å². The highest BCUT2D eigenvalue weighted by molar-refractivity contribution is 7.12. The highest BCUT2D eigenvalue weighted by atomic mass is 32.1. The molecular formula is C21H25N3O3S. The van der Waals surface area contributed by atoms with Gasteiger partial charge in [-0.1, -0.05) is 12.5 Å². The van der Waals surface area contributed by atoms with Crippen LogP contribution >= 0.6 is 11.3 Å². The Morgan fingerprint density at radius 2 is 2.14 bits per heavy atom. The van der Waals surface area contributed by atoms with Crippen LogP contribution in [0.3, 0.4) is 0 Å². The van der Waals surface area contributed by atoms with Gasteiger partial charge in [-0.15, -0.1) is 11.3 Å². The number of hydrogen-bond acceptors (Lipinski definition) is 6. The summed E-state index contributed by atoms with van der Waals surface area (Å²) in [6, 6.07) is 7.05. The van der Waals surface area contributed by atoms with E-state index in [1.54, 1.807) is 24.4 Å². The molecule has 0 aliphatic carbocycles. The van der Waals surface area contributed by atoms with Crippen LogP contribution in [0.2, 0.25) is 0 Å². The summed E-state index contributed by atoms with van der Waals surface area (Å²) < 4.78 is 0. The van der Waals surface area contributed by atoms with E-state index in [0.717, 1.165) is 51.5 Å². The normalized spacial score (nSPS) is 16.8. The molecule has 2 aromatic heterocycles. The third kappa shape index (κ3) is 5.33. The van der Waals surface area contributed by atoms with Crippen LogP contribution in [-0.2, 0) is 9.59 Å². The number of hydrogen-bond donors (Lipinski definition) is 1. The number of aromatic nitrogens is 1. The zero-order valence-electron chi connectivity index (χ0n) is 15.8. The summed E-state index contributed by atoms with van der Waals surface area (Å²) in [6.07, 6.45) is 7.72. The summed E-state index contributed by atoms with van der Waals surface area (Å²) in [5.41, 5.74) is 0.409. The van der Waals surface area contributed by atoms with Crippen LogP contribution in [0, 0.1) is 0 Å². The van der Waals surface area contributed by atoms with E-state index in [9.17, 15) is 14.4 Å². The fraction of sp³-hybridized carbons (Fsp3) is 0.429. The van der Waals surface area contributed by atoms with Gasteiger partial charge in [0.2, 0.25) is 11.7 Å². The van der Waals surface area contributed by atoms with Crippen molar-refractivity contribution in [2.75, 3.05) is 18.4 Å². The largest absolute Gasteiger partial charge is 0.310 e. The van der Waals surface area contributed by atoms with Crippen molar-refractivity contribution in [1.82, 2.24) is 9.88 Å². The Bertz CT molecular complexity index is 807. The van der Waals surface area contributed by atoms with Gasteiger partial charge in [0, 0.05) is 12.6 Å². The number of carbonyl (C=O) groups excluding carboxylic acids is 3. The van der Waals surface area contributed by atoms with Gasteiger partial charge in [0.25, 0.3) is 0 Å². The Kier molecular flexibility index (Phi) is 7.45. The van der Waals surface area contributed by atoms with Crippen molar-refractivity contribution in [3.05, 3.63) is 46.3 Å². The lowest BCUT2D eigenvalue weighted by Crippen LogP contribution is -2.31. The van der Waals surface area contributed by atoms with Crippen LogP contribution in [0.1, 0.15) is 53.8 Å². The average molecular weight is 400 g/mol. The van der Waals surface area contributed by atoms with Gasteiger partial charge < -0.3 is 10.1 Å². The number of rotatable bonds is 10. The van der Waals surface area contributed by atoms with Crippen LogP contribution in [0.25, 0.3) is 0 Å². The maximum atomic E-state index is 12.6. The van der Waals surface area contributed by atoms with E-state index in [2.05, 4.69) is 15.2 Å². The predicted molar refractivity (Wildman–Crippen MR) is 110 cm³/mol. The first-order chi connectivity index (χ1) is 13.7. The van der Waals surface area contributed by atoms with Crippen LogP contribution < -0.4 is 5.32 Å². The number of pyridine rings is 1. The Labute approximate surface area is 169 Å². The smallest absolute Gasteiger partial charge is 0.225 e. The Hall–Kier alpha value is -2.38. The van der Waals surface area contributed by atoms with Gasteiger partial charge >= 0.3 is 0 Å². The molecular weight excluding hydrogens is 374 g/mol. The van der Waals surface area contributed by atoms with E-state index < -0.39 is 0 Å². The second-order valence-electron chi connectivity index (χ2n) is 6.95. The number of unbranched alkanes of at least 4 members (excludes halogenated alkanes) is 2. The van der Waals surface area contributed by atoms with Gasteiger partial charge in [-0.25, -0.2) is 4.98 Å². The minimum atomic E-state index is -0.133. The fourth-order valence-corrected chi connectivity index (χ4v) is 4.16. The number of amides is 1. The molecule has 1 amide bonds. The molecule has 28 heavy (non-hydrogen) atoms. The zero-order chi connectivity index (χ0) is 19.8. The van der Waals surface area contributed by atoms with Gasteiger partial charge in [-0.05, 0) is 62.4 Å². The number of carbonyl (C=O) groups is 3. The maximum absolute atomic E-state index is 12.6. The maximum Gasteiger partial charge on any atom is 0.225 e. The van der Waals surface area contributed by atoms with Crippen molar-refractivity contribution in [2.45, 2.75) is 44.6 Å². The van der Waals surface area contributed by atoms with Gasteiger partial charge in [0.15, 0.2) is 0 Å². The molecule has 2 aromatic rings. The van der Waals surface area contributed by atoms with E-state index in [4.69, 9.17) is 0 Å². The number of nitrogens with zero attached hydrogens (tertiary/aromatic N) is 2. The number of aldehydes is 1. The molecule has 0 bridgehead atoms. The van der Waals surface area contributed by atoms with Crippen LogP contribution in [0.4, 0.5) is 5.82 Å². The molecule has 1 N–H and O–H groups in total. The molecule has 3 heterocycles. The van der Waals surface area contributed by atoms with E-state index in [1.165, 1.54) is 11.3 Å². The molecule has 1 unspecified atom stereocenters. The van der Waals surface area contributed by atoms with Crippen molar-refractivity contribution in [1.29, 1.82) is 0 Å². The first-order valence-corrected chi connectivity index (χ1v) is 10.6. The van der Waals surface area contributed by atoms with E-state index in [0.29, 0.717) is 22.7 Å². The van der Waals surface area contributed by atoms with Crippen molar-refractivity contribution in [3.63, 3.8) is 0 Å². The fourth-order valence-electron chi connectivity index (χ4n) is 3.48. The second kappa shape index (κ2) is 10.2. The third-order valence-corrected chi connectivity index (χ3v) is 5.84. The summed E-state index contributed by atoms with van der Waals surface area (Å²) in [7, 11) is 0. The molecule has 3 rings (SSSR count). The highest BCUT2D eigenvalue weighted by Crippen LogP contribution is 2.20. The first kappa shape index (κ1) is 20.4. The third-order valence-electron chi connectivity index (χ3n) is 4.98. The van der Waals surface area contributed by atoms with Gasteiger partial charge in [-0.2, -0.15) is 0 Å². The van der Waals surface area contributed by atoms with E-state index >= 15 is 0 Å². The number of thiophene rings is 1. The molecule has 1 aliphatic rings. The van der Waals surface area contributed by atoms with Gasteiger partial charge in [0.05, 0.1) is 16.5 Å². The molecule has 0 saturated carbocycles. The number of nitrogens with one attached hydrogen (secondary N) is 1. The molecule has 0 spiro atoms.